The van der Waals surface area contributed by atoms with E-state index in [1.807, 2.05) is 18.6 Å². The molecule has 0 aromatic carbocycles. The van der Waals surface area contributed by atoms with Gasteiger partial charge in [-0.2, -0.15) is 5.10 Å². The zero-order valence-corrected chi connectivity index (χ0v) is 14.6. The number of allylic oxidation sites excluding steroid dienone is 1. The van der Waals surface area contributed by atoms with E-state index >= 15 is 0 Å². The van der Waals surface area contributed by atoms with E-state index in [1.54, 1.807) is 13.0 Å². The topological polar surface area (TPSA) is 112 Å². The van der Waals surface area contributed by atoms with Gasteiger partial charge in [0.1, 0.15) is 4.90 Å². The van der Waals surface area contributed by atoms with Crippen molar-refractivity contribution in [3.63, 3.8) is 0 Å². The van der Waals surface area contributed by atoms with Gasteiger partial charge >= 0.3 is 0 Å². The number of aromatic nitrogens is 5. The minimum atomic E-state index is -4.03. The number of hydrogen-bond donors (Lipinski definition) is 1. The Morgan fingerprint density at radius 2 is 2.12 bits per heavy atom. The molecule has 1 amide bonds. The fourth-order valence-corrected chi connectivity index (χ4v) is 3.09. The first-order valence-corrected chi connectivity index (χ1v) is 8.87. The third-order valence-electron chi connectivity index (χ3n) is 3.25. The summed E-state index contributed by atoms with van der Waals surface area (Å²) in [6.45, 7) is 9.43. The summed E-state index contributed by atoms with van der Waals surface area (Å²) in [7, 11) is -4.03. The molecule has 2 aromatic heterocycles. The number of nitrogens with zero attached hydrogens (tertiary/aromatic N) is 5. The van der Waals surface area contributed by atoms with E-state index in [2.05, 4.69) is 22.0 Å². The molecule has 0 unspecified atom stereocenters. The van der Waals surface area contributed by atoms with Gasteiger partial charge < -0.3 is 0 Å². The van der Waals surface area contributed by atoms with E-state index in [4.69, 9.17) is 0 Å². The van der Waals surface area contributed by atoms with Crippen LogP contribution < -0.4 is 4.72 Å². The van der Waals surface area contributed by atoms with Crippen LogP contribution in [0.15, 0.2) is 29.9 Å². The van der Waals surface area contributed by atoms with Crippen LogP contribution in [0.25, 0.3) is 0 Å². The molecule has 0 aliphatic rings. The van der Waals surface area contributed by atoms with Crippen molar-refractivity contribution in [3.05, 3.63) is 36.4 Å². The molecule has 0 fully saturated rings. The fraction of sp³-hybridized carbons (Fsp3) is 0.429. The number of aryl methyl sites for hydroxylation is 2. The average molecular weight is 352 g/mol. The van der Waals surface area contributed by atoms with Crippen LogP contribution in [0.4, 0.5) is 0 Å². The van der Waals surface area contributed by atoms with Crippen molar-refractivity contribution in [1.29, 1.82) is 0 Å². The van der Waals surface area contributed by atoms with Crippen LogP contribution in [-0.2, 0) is 16.6 Å². The summed E-state index contributed by atoms with van der Waals surface area (Å²) in [6, 6.07) is 0.00751. The second-order valence-corrected chi connectivity index (χ2v) is 7.18. The van der Waals surface area contributed by atoms with Crippen molar-refractivity contribution in [2.24, 2.45) is 0 Å². The number of sulfonamides is 1. The van der Waals surface area contributed by atoms with Gasteiger partial charge in [-0.15, -0.1) is 11.7 Å². The molecule has 0 saturated carbocycles. The average Bonchev–Trinajstić information content (AvgIpc) is 3.11. The maximum absolute atomic E-state index is 12.4. The first-order chi connectivity index (χ1) is 11.2. The number of carbonyl (C=O) groups is 1. The third kappa shape index (κ3) is 3.88. The molecular weight excluding hydrogens is 332 g/mol. The van der Waals surface area contributed by atoms with E-state index in [0.717, 1.165) is 0 Å². The molecular formula is C14H20N6O3S. The zero-order chi connectivity index (χ0) is 17.9. The summed E-state index contributed by atoms with van der Waals surface area (Å²) in [5, 5.41) is 11.6. The second kappa shape index (κ2) is 6.95. The van der Waals surface area contributed by atoms with Gasteiger partial charge in [0.25, 0.3) is 15.9 Å². The first-order valence-electron chi connectivity index (χ1n) is 7.38. The molecule has 0 spiro atoms. The molecule has 0 aliphatic carbocycles. The first kappa shape index (κ1) is 17.9. The van der Waals surface area contributed by atoms with Gasteiger partial charge in [0.05, 0.1) is 11.9 Å². The Labute approximate surface area is 140 Å². The van der Waals surface area contributed by atoms with Gasteiger partial charge in [0.2, 0.25) is 0 Å². The van der Waals surface area contributed by atoms with Crippen LogP contribution in [0.2, 0.25) is 0 Å². The van der Waals surface area contributed by atoms with Crippen molar-refractivity contribution in [1.82, 2.24) is 29.5 Å². The lowest BCUT2D eigenvalue weighted by Gasteiger charge is -2.04. The smallest absolute Gasteiger partial charge is 0.269 e. The molecule has 9 nitrogen and oxygen atoms in total. The lowest BCUT2D eigenvalue weighted by molar-refractivity contribution is 0.0976. The minimum absolute atomic E-state index is 0.00751. The Balaban J connectivity index is 2.18. The number of nitrogens with one attached hydrogen (secondary N) is 1. The van der Waals surface area contributed by atoms with Crippen molar-refractivity contribution >= 4 is 15.9 Å². The molecule has 130 valence electrons. The van der Waals surface area contributed by atoms with Crippen LogP contribution in [0.1, 0.15) is 42.5 Å². The van der Waals surface area contributed by atoms with Crippen LogP contribution in [0.5, 0.6) is 0 Å². The van der Waals surface area contributed by atoms with Gasteiger partial charge in [-0.05, 0) is 27.2 Å². The zero-order valence-electron chi connectivity index (χ0n) is 13.8. The van der Waals surface area contributed by atoms with Gasteiger partial charge in [-0.25, -0.2) is 13.1 Å². The lowest BCUT2D eigenvalue weighted by Crippen LogP contribution is -2.31. The normalized spacial score (nSPS) is 11.7. The largest absolute Gasteiger partial charge is 0.287 e. The summed E-state index contributed by atoms with van der Waals surface area (Å²) < 4.78 is 29.8. The highest BCUT2D eigenvalue weighted by molar-refractivity contribution is 7.90. The molecule has 2 aromatic rings. The quantitative estimate of drug-likeness (QED) is 0.746. The molecule has 24 heavy (non-hydrogen) atoms. The van der Waals surface area contributed by atoms with E-state index in [0.29, 0.717) is 18.7 Å². The van der Waals surface area contributed by atoms with E-state index in [1.165, 1.54) is 21.8 Å². The Morgan fingerprint density at radius 3 is 2.71 bits per heavy atom. The van der Waals surface area contributed by atoms with Gasteiger partial charge in [0.15, 0.2) is 5.69 Å². The number of carbonyl (C=O) groups excluding carboxylic acids is 1. The molecule has 0 radical (unpaired) electrons. The van der Waals surface area contributed by atoms with Crippen molar-refractivity contribution < 1.29 is 13.2 Å². The van der Waals surface area contributed by atoms with E-state index < -0.39 is 15.9 Å². The maximum Gasteiger partial charge on any atom is 0.287 e. The molecule has 10 heteroatoms. The standard InChI is InChI=1S/C14H20N6O3S/c1-5-6-7-19-8-12(15-18-19)14(21)17-24(22,23)13-9-20(10(2)3)16-11(13)4/h5,8-10H,1,6-7H2,2-4H3,(H,17,21). The highest BCUT2D eigenvalue weighted by Crippen LogP contribution is 2.16. The highest BCUT2D eigenvalue weighted by Gasteiger charge is 2.25. The predicted molar refractivity (Wildman–Crippen MR) is 86.8 cm³/mol. The van der Waals surface area contributed by atoms with Crippen molar-refractivity contribution in [3.8, 4) is 0 Å². The van der Waals surface area contributed by atoms with E-state index in [-0.39, 0.29) is 16.6 Å². The van der Waals surface area contributed by atoms with Gasteiger partial charge in [-0.1, -0.05) is 11.3 Å². The van der Waals surface area contributed by atoms with Crippen LogP contribution in [0, 0.1) is 6.92 Å². The molecule has 0 bridgehead atoms. The summed E-state index contributed by atoms with van der Waals surface area (Å²) >= 11 is 0. The Hall–Kier alpha value is -2.49. The third-order valence-corrected chi connectivity index (χ3v) is 4.68. The van der Waals surface area contributed by atoms with E-state index in [9.17, 15) is 13.2 Å². The Morgan fingerprint density at radius 1 is 1.42 bits per heavy atom. The van der Waals surface area contributed by atoms with Crippen LogP contribution in [0.3, 0.4) is 0 Å². The number of amides is 1. The lowest BCUT2D eigenvalue weighted by atomic mass is 10.4. The SMILES string of the molecule is C=CCCn1cc(C(=O)NS(=O)(=O)c2cn(C(C)C)nc2C)nn1. The maximum atomic E-state index is 12.4. The monoisotopic (exact) mass is 352 g/mol. The molecule has 2 rings (SSSR count). The molecule has 0 aliphatic heterocycles. The summed E-state index contributed by atoms with van der Waals surface area (Å²) in [5.74, 6) is -0.837. The van der Waals surface area contributed by atoms with Crippen molar-refractivity contribution in [2.45, 2.75) is 44.7 Å². The number of rotatable bonds is 7. The molecule has 2 heterocycles. The molecule has 1 N–H and O–H groups in total. The van der Waals surface area contributed by atoms with Gasteiger partial charge in [0, 0.05) is 18.8 Å². The second-order valence-electron chi connectivity index (χ2n) is 5.53. The summed E-state index contributed by atoms with van der Waals surface area (Å²) in [6.07, 6.45) is 5.16. The molecule has 0 saturated heterocycles. The number of hydrogen-bond acceptors (Lipinski definition) is 6. The fourth-order valence-electron chi connectivity index (χ4n) is 1.96. The predicted octanol–water partition coefficient (Wildman–Crippen LogP) is 1.06. The summed E-state index contributed by atoms with van der Waals surface area (Å²) in [5.41, 5.74) is 0.246. The highest BCUT2D eigenvalue weighted by atomic mass is 32.2. The van der Waals surface area contributed by atoms with Crippen molar-refractivity contribution in [2.75, 3.05) is 0 Å². The molecule has 0 atom stereocenters. The Kier molecular flexibility index (Phi) is 5.17. The van der Waals surface area contributed by atoms with Gasteiger partial charge in [-0.3, -0.25) is 14.2 Å². The minimum Gasteiger partial charge on any atom is -0.269 e. The van der Waals surface area contributed by atoms with Crippen LogP contribution >= 0.6 is 0 Å². The Bertz CT molecular complexity index is 850. The summed E-state index contributed by atoms with van der Waals surface area (Å²) in [4.78, 5) is 12.1. The van der Waals surface area contributed by atoms with Crippen LogP contribution in [-0.4, -0.2) is 39.1 Å².